The normalized spacial score (nSPS) is 18.4. The molecule has 0 aliphatic carbocycles. The van der Waals surface area contributed by atoms with Gasteiger partial charge in [0, 0.05) is 0 Å². The molecular formula is C23H28N2O4S. The maximum absolute atomic E-state index is 13.2. The Kier molecular flexibility index (Phi) is 6.18. The molecule has 2 aliphatic rings. The second-order valence-electron chi connectivity index (χ2n) is 8.07. The Labute approximate surface area is 180 Å². The van der Waals surface area contributed by atoms with Crippen molar-refractivity contribution in [3.8, 4) is 11.1 Å². The number of carboxylic acids is 1. The summed E-state index contributed by atoms with van der Waals surface area (Å²) >= 11 is -1.23. The molecule has 4 rings (SSSR count). The van der Waals surface area contributed by atoms with E-state index in [1.54, 1.807) is 0 Å². The van der Waals surface area contributed by atoms with Gasteiger partial charge < -0.3 is 14.4 Å². The first-order valence-electron chi connectivity index (χ1n) is 10.3. The minimum Gasteiger partial charge on any atom is -0.578 e. The average molecular weight is 429 g/mol. The lowest BCUT2D eigenvalue weighted by Crippen LogP contribution is -2.46. The molecule has 2 aromatic rings. The summed E-state index contributed by atoms with van der Waals surface area (Å²) in [4.78, 5) is 11.7. The average Bonchev–Trinajstić information content (AvgIpc) is 3.19. The highest BCUT2D eigenvalue weighted by Gasteiger charge is 2.37. The van der Waals surface area contributed by atoms with Crippen LogP contribution in [0.4, 0.5) is 0 Å². The van der Waals surface area contributed by atoms with Gasteiger partial charge in [-0.3, -0.25) is 4.79 Å². The van der Waals surface area contributed by atoms with Crippen molar-refractivity contribution in [1.29, 1.82) is 0 Å². The Morgan fingerprint density at radius 3 is 2.23 bits per heavy atom. The SMILES string of the molecule is Cc1ccc(-c2c(C)c3c(c(C)c2CC(=O)O)CN([S+]([O-])N2CCOCC2)C3)cc1. The fourth-order valence-electron chi connectivity index (χ4n) is 4.50. The van der Waals surface area contributed by atoms with Gasteiger partial charge in [0.2, 0.25) is 0 Å². The summed E-state index contributed by atoms with van der Waals surface area (Å²) in [5.41, 5.74) is 8.48. The van der Waals surface area contributed by atoms with E-state index in [-0.39, 0.29) is 6.42 Å². The first-order valence-corrected chi connectivity index (χ1v) is 11.4. The number of aliphatic carboxylic acids is 1. The Bertz CT molecular complexity index is 955. The van der Waals surface area contributed by atoms with Gasteiger partial charge in [0.25, 0.3) is 0 Å². The Morgan fingerprint density at radius 1 is 1.03 bits per heavy atom. The number of carboxylic acid groups (broad SMARTS) is 1. The molecule has 1 saturated heterocycles. The highest BCUT2D eigenvalue weighted by molar-refractivity contribution is 7.86. The molecule has 0 spiro atoms. The van der Waals surface area contributed by atoms with Crippen LogP contribution in [0.5, 0.6) is 0 Å². The van der Waals surface area contributed by atoms with E-state index in [9.17, 15) is 14.5 Å². The lowest BCUT2D eigenvalue weighted by Gasteiger charge is -2.30. The summed E-state index contributed by atoms with van der Waals surface area (Å²) in [5, 5.41) is 9.58. The second-order valence-corrected chi connectivity index (χ2v) is 9.56. The smallest absolute Gasteiger partial charge is 0.307 e. The van der Waals surface area contributed by atoms with Crippen LogP contribution in [-0.2, 0) is 40.6 Å². The minimum atomic E-state index is -1.23. The van der Waals surface area contributed by atoms with Crippen LogP contribution < -0.4 is 0 Å². The number of ether oxygens (including phenoxy) is 1. The summed E-state index contributed by atoms with van der Waals surface area (Å²) < 4.78 is 22.5. The van der Waals surface area contributed by atoms with Gasteiger partial charge in [0.1, 0.15) is 11.5 Å². The van der Waals surface area contributed by atoms with E-state index in [1.165, 1.54) is 11.1 Å². The molecule has 7 heteroatoms. The quantitative estimate of drug-likeness (QED) is 0.738. The summed E-state index contributed by atoms with van der Waals surface area (Å²) in [6.07, 6.45) is -0.0181. The molecular weight excluding hydrogens is 400 g/mol. The van der Waals surface area contributed by atoms with Crippen molar-refractivity contribution in [3.05, 3.63) is 57.6 Å². The molecule has 0 radical (unpaired) electrons. The van der Waals surface area contributed by atoms with Crippen molar-refractivity contribution in [3.63, 3.8) is 0 Å². The number of aryl methyl sites for hydroxylation is 1. The van der Waals surface area contributed by atoms with Gasteiger partial charge in [0.15, 0.2) is 0 Å². The van der Waals surface area contributed by atoms with E-state index in [2.05, 4.69) is 31.2 Å². The third-order valence-corrected chi connectivity index (χ3v) is 7.65. The van der Waals surface area contributed by atoms with Crippen molar-refractivity contribution in [2.75, 3.05) is 26.3 Å². The molecule has 1 N–H and O–H groups in total. The Hall–Kier alpha value is -1.90. The van der Waals surface area contributed by atoms with Gasteiger partial charge in [-0.25, -0.2) is 0 Å². The van der Waals surface area contributed by atoms with Gasteiger partial charge in [0.05, 0.1) is 45.8 Å². The molecule has 6 nitrogen and oxygen atoms in total. The Morgan fingerprint density at radius 2 is 1.63 bits per heavy atom. The number of hydrogen-bond donors (Lipinski definition) is 1. The molecule has 160 valence electrons. The van der Waals surface area contributed by atoms with Crippen LogP contribution in [0, 0.1) is 20.8 Å². The first kappa shape index (κ1) is 21.3. The van der Waals surface area contributed by atoms with Crippen LogP contribution in [-0.4, -0.2) is 50.5 Å². The third kappa shape index (κ3) is 4.00. The zero-order valence-electron chi connectivity index (χ0n) is 17.7. The van der Waals surface area contributed by atoms with Crippen LogP contribution in [0.3, 0.4) is 0 Å². The van der Waals surface area contributed by atoms with Crippen LogP contribution >= 0.6 is 0 Å². The molecule has 2 aromatic carbocycles. The standard InChI is InChI=1S/C23H28N2O4S/c1-15-4-6-18(7-5-15)23-17(3)21-14-25(30(28)24-8-10-29-11-9-24)13-20(21)16(2)19(23)12-22(26)27/h4-7H,8-14H2,1-3H3,(H,26,27). The monoisotopic (exact) mass is 428 g/mol. The van der Waals surface area contributed by atoms with E-state index >= 15 is 0 Å². The van der Waals surface area contributed by atoms with Crippen LogP contribution in [0.2, 0.25) is 0 Å². The van der Waals surface area contributed by atoms with Gasteiger partial charge in [-0.2, -0.15) is 0 Å². The molecule has 2 aliphatic heterocycles. The fraction of sp³-hybridized carbons (Fsp3) is 0.435. The van der Waals surface area contributed by atoms with Crippen molar-refractivity contribution in [2.45, 2.75) is 40.3 Å². The van der Waals surface area contributed by atoms with E-state index in [0.29, 0.717) is 39.4 Å². The van der Waals surface area contributed by atoms with Crippen molar-refractivity contribution in [2.24, 2.45) is 0 Å². The third-order valence-electron chi connectivity index (χ3n) is 6.15. The molecule has 0 bridgehead atoms. The number of morpholine rings is 1. The molecule has 0 saturated carbocycles. The van der Waals surface area contributed by atoms with Crippen molar-refractivity contribution in [1.82, 2.24) is 8.61 Å². The first-order chi connectivity index (χ1) is 14.4. The highest BCUT2D eigenvalue weighted by Crippen LogP contribution is 2.40. The number of carbonyl (C=O) groups is 1. The van der Waals surface area contributed by atoms with E-state index in [1.807, 2.05) is 22.5 Å². The molecule has 30 heavy (non-hydrogen) atoms. The van der Waals surface area contributed by atoms with Crippen LogP contribution in [0.15, 0.2) is 24.3 Å². The highest BCUT2D eigenvalue weighted by atomic mass is 32.2. The van der Waals surface area contributed by atoms with Crippen molar-refractivity contribution >= 4 is 17.5 Å². The maximum Gasteiger partial charge on any atom is 0.307 e. The summed E-state index contributed by atoms with van der Waals surface area (Å²) in [6.45, 7) is 9.84. The summed E-state index contributed by atoms with van der Waals surface area (Å²) in [7, 11) is 0. The van der Waals surface area contributed by atoms with Crippen LogP contribution in [0.1, 0.15) is 33.4 Å². The van der Waals surface area contributed by atoms with Gasteiger partial charge in [-0.1, -0.05) is 34.1 Å². The molecule has 0 aromatic heterocycles. The molecule has 2 heterocycles. The largest absolute Gasteiger partial charge is 0.578 e. The lowest BCUT2D eigenvalue weighted by molar-refractivity contribution is -0.136. The van der Waals surface area contributed by atoms with E-state index in [0.717, 1.165) is 33.4 Å². The number of nitrogens with zero attached hydrogens (tertiary/aromatic N) is 2. The fourth-order valence-corrected chi connectivity index (χ4v) is 5.76. The topological polar surface area (TPSA) is 76.1 Å². The van der Waals surface area contributed by atoms with E-state index < -0.39 is 17.5 Å². The molecule has 1 atom stereocenters. The van der Waals surface area contributed by atoms with Gasteiger partial charge in [-0.05, 0) is 59.7 Å². The van der Waals surface area contributed by atoms with Crippen LogP contribution in [0.25, 0.3) is 11.1 Å². The van der Waals surface area contributed by atoms with Gasteiger partial charge in [-0.15, -0.1) is 4.31 Å². The zero-order valence-corrected chi connectivity index (χ0v) is 18.6. The van der Waals surface area contributed by atoms with Crippen molar-refractivity contribution < 1.29 is 19.2 Å². The molecule has 1 unspecified atom stereocenters. The maximum atomic E-state index is 13.2. The molecule has 1 fully saturated rings. The second kappa shape index (κ2) is 8.69. The summed E-state index contributed by atoms with van der Waals surface area (Å²) in [5.74, 6) is -0.836. The molecule has 0 amide bonds. The van der Waals surface area contributed by atoms with Gasteiger partial charge >= 0.3 is 5.97 Å². The summed E-state index contributed by atoms with van der Waals surface area (Å²) in [6, 6.07) is 8.24. The minimum absolute atomic E-state index is 0.0181. The number of rotatable bonds is 5. The Balaban J connectivity index is 1.75. The lowest BCUT2D eigenvalue weighted by atomic mass is 9.84. The predicted octanol–water partition coefficient (Wildman–Crippen LogP) is 3.13. The number of hydrogen-bond acceptors (Lipinski definition) is 5. The zero-order chi connectivity index (χ0) is 21.4. The predicted molar refractivity (Wildman–Crippen MR) is 117 cm³/mol. The van der Waals surface area contributed by atoms with E-state index in [4.69, 9.17) is 4.74 Å². The number of benzene rings is 2. The number of fused-ring (bicyclic) bond motifs is 1.